The van der Waals surface area contributed by atoms with Gasteiger partial charge in [-0.15, -0.1) is 0 Å². The maximum Gasteiger partial charge on any atom is 0.335 e. The Balaban J connectivity index is 0.00000144. The Hall–Kier alpha value is -0.375. The van der Waals surface area contributed by atoms with E-state index in [4.69, 9.17) is 5.11 Å². The maximum absolute atomic E-state index is 10.7. The fourth-order valence-electron chi connectivity index (χ4n) is 1.19. The first-order valence-corrected chi connectivity index (χ1v) is 3.84. The second-order valence-electron chi connectivity index (χ2n) is 2.99. The quantitative estimate of drug-likeness (QED) is 0.776. The average molecular weight is 365 g/mol. The van der Waals surface area contributed by atoms with Crippen LogP contribution >= 0.6 is 0 Å². The van der Waals surface area contributed by atoms with E-state index in [1.54, 1.807) is 6.07 Å². The minimum absolute atomic E-state index is 0. The van der Waals surface area contributed by atoms with E-state index in [1.165, 1.54) is 0 Å². The van der Waals surface area contributed by atoms with Gasteiger partial charge in [-0.25, -0.2) is 4.79 Å². The Morgan fingerprint density at radius 3 is 2.15 bits per heavy atom. The number of carboxylic acid groups (broad SMARTS) is 1. The normalized spacial score (nSPS) is 9.15. The van der Waals surface area contributed by atoms with Crippen molar-refractivity contribution < 1.29 is 37.6 Å². The molecule has 1 aromatic carbocycles. The van der Waals surface area contributed by atoms with E-state index in [-0.39, 0.29) is 27.7 Å². The molecule has 0 spiro atoms. The number of carbonyl (C=O) groups is 1. The van der Waals surface area contributed by atoms with Crippen molar-refractivity contribution in [1.29, 1.82) is 0 Å². The molecule has 1 rings (SSSR count). The van der Waals surface area contributed by atoms with Crippen LogP contribution in [0.5, 0.6) is 0 Å². The summed E-state index contributed by atoms with van der Waals surface area (Å²) in [6, 6.07) is 3.49. The molecule has 0 fully saturated rings. The molecular weight excluding hydrogens is 353 g/mol. The Kier molecular flexibility index (Phi) is 4.61. The van der Waals surface area contributed by atoms with Crippen LogP contribution in [0.1, 0.15) is 27.0 Å². The van der Waals surface area contributed by atoms with E-state index in [0.717, 1.165) is 16.7 Å². The zero-order valence-electron chi connectivity index (χ0n) is 8.22. The van der Waals surface area contributed by atoms with Crippen LogP contribution in [0.4, 0.5) is 0 Å². The molecule has 2 nitrogen and oxygen atoms in total. The van der Waals surface area contributed by atoms with Gasteiger partial charge in [0.15, 0.2) is 0 Å². The summed E-state index contributed by atoms with van der Waals surface area (Å²) in [5, 5.41) is 8.78. The van der Waals surface area contributed by atoms with Crippen molar-refractivity contribution in [3.8, 4) is 0 Å². The first kappa shape index (κ1) is 12.6. The van der Waals surface area contributed by atoms with E-state index in [9.17, 15) is 4.79 Å². The third-order valence-corrected chi connectivity index (χ3v) is 2.29. The average Bonchev–Trinajstić information content (AvgIpc) is 2.00. The van der Waals surface area contributed by atoms with Crippen LogP contribution in [0, 0.1) is 20.8 Å². The molecule has 0 heterocycles. The van der Waals surface area contributed by atoms with Gasteiger partial charge in [0.1, 0.15) is 0 Å². The monoisotopic (exact) mass is 366 g/mol. The molecule has 13 heavy (non-hydrogen) atoms. The van der Waals surface area contributed by atoms with Crippen molar-refractivity contribution in [2.45, 2.75) is 20.8 Å². The third kappa shape index (κ3) is 2.53. The van der Waals surface area contributed by atoms with Crippen molar-refractivity contribution in [1.82, 2.24) is 0 Å². The summed E-state index contributed by atoms with van der Waals surface area (Å²) in [4.78, 5) is 10.7. The van der Waals surface area contributed by atoms with Gasteiger partial charge in [-0.2, -0.15) is 0 Å². The summed E-state index contributed by atoms with van der Waals surface area (Å²) in [7, 11) is 0. The van der Waals surface area contributed by atoms with Crippen LogP contribution in [0.2, 0.25) is 0 Å². The van der Waals surface area contributed by atoms with E-state index < -0.39 is 5.97 Å². The zero-order chi connectivity index (χ0) is 9.30. The number of hydrogen-bond acceptors (Lipinski definition) is 1. The summed E-state index contributed by atoms with van der Waals surface area (Å²) >= 11 is 0. The molecule has 1 N–H and O–H groups in total. The molecule has 66 valence electrons. The van der Waals surface area contributed by atoms with E-state index in [0.29, 0.717) is 5.56 Å². The summed E-state index contributed by atoms with van der Waals surface area (Å²) < 4.78 is 0. The summed E-state index contributed by atoms with van der Waals surface area (Å²) in [5.74, 6) is -0.851. The first-order valence-electron chi connectivity index (χ1n) is 3.84. The van der Waals surface area contributed by atoms with Gasteiger partial charge in [-0.3, -0.25) is 0 Å². The standard InChI is InChI=1S/C10H12O2.Hg/c1-6-4-5-9(10(11)12)8(3)7(6)2;/h4-5H,1-3H3,(H,11,12);. The molecule has 0 aliphatic heterocycles. The largest absolute Gasteiger partial charge is 0.478 e. The van der Waals surface area contributed by atoms with Crippen molar-refractivity contribution in [2.24, 2.45) is 0 Å². The van der Waals surface area contributed by atoms with Crippen molar-refractivity contribution in [3.63, 3.8) is 0 Å². The second-order valence-corrected chi connectivity index (χ2v) is 2.99. The van der Waals surface area contributed by atoms with Crippen LogP contribution in [-0.2, 0) is 27.7 Å². The first-order chi connectivity index (χ1) is 5.54. The minimum atomic E-state index is -0.851. The minimum Gasteiger partial charge on any atom is -0.478 e. The third-order valence-electron chi connectivity index (χ3n) is 2.29. The van der Waals surface area contributed by atoms with Gasteiger partial charge < -0.3 is 5.11 Å². The molecule has 0 saturated heterocycles. The molecule has 0 aliphatic rings. The zero-order valence-corrected chi connectivity index (χ0v) is 13.7. The molecule has 0 saturated carbocycles. The van der Waals surface area contributed by atoms with E-state index >= 15 is 0 Å². The Bertz CT molecular complexity index is 332. The van der Waals surface area contributed by atoms with Crippen molar-refractivity contribution in [3.05, 3.63) is 34.4 Å². The van der Waals surface area contributed by atoms with Crippen LogP contribution < -0.4 is 0 Å². The van der Waals surface area contributed by atoms with Gasteiger partial charge in [-0.1, -0.05) is 6.07 Å². The van der Waals surface area contributed by atoms with Gasteiger partial charge in [-0.05, 0) is 43.5 Å². The van der Waals surface area contributed by atoms with Crippen molar-refractivity contribution in [2.75, 3.05) is 0 Å². The molecule has 1 aromatic rings. The summed E-state index contributed by atoms with van der Waals surface area (Å²) in [6.45, 7) is 5.76. The van der Waals surface area contributed by atoms with Gasteiger partial charge in [0.05, 0.1) is 5.56 Å². The second kappa shape index (κ2) is 4.75. The number of hydrogen-bond donors (Lipinski definition) is 1. The topological polar surface area (TPSA) is 37.3 Å². The fraction of sp³-hybridized carbons (Fsp3) is 0.300. The van der Waals surface area contributed by atoms with E-state index in [1.807, 2.05) is 26.8 Å². The predicted octanol–water partition coefficient (Wildman–Crippen LogP) is 2.31. The molecule has 0 unspecified atom stereocenters. The number of rotatable bonds is 1. The predicted molar refractivity (Wildman–Crippen MR) is 47.6 cm³/mol. The van der Waals surface area contributed by atoms with Crippen LogP contribution in [-0.4, -0.2) is 11.1 Å². The molecule has 3 heteroatoms. The maximum atomic E-state index is 10.7. The van der Waals surface area contributed by atoms with Gasteiger partial charge in [0, 0.05) is 27.7 Å². The number of aromatic carboxylic acids is 1. The molecule has 0 radical (unpaired) electrons. The van der Waals surface area contributed by atoms with Gasteiger partial charge in [0.2, 0.25) is 0 Å². The van der Waals surface area contributed by atoms with Gasteiger partial charge in [0.25, 0.3) is 0 Å². The molecule has 0 atom stereocenters. The van der Waals surface area contributed by atoms with Crippen molar-refractivity contribution >= 4 is 5.97 Å². The molecule has 0 aliphatic carbocycles. The number of carboxylic acids is 1. The van der Waals surface area contributed by atoms with Gasteiger partial charge >= 0.3 is 5.97 Å². The fourth-order valence-corrected chi connectivity index (χ4v) is 1.19. The molecule has 0 bridgehead atoms. The van der Waals surface area contributed by atoms with E-state index in [2.05, 4.69) is 0 Å². The van der Waals surface area contributed by atoms with Crippen LogP contribution in [0.3, 0.4) is 0 Å². The summed E-state index contributed by atoms with van der Waals surface area (Å²) in [6.07, 6.45) is 0. The van der Waals surface area contributed by atoms with Crippen LogP contribution in [0.25, 0.3) is 0 Å². The smallest absolute Gasteiger partial charge is 0.335 e. The number of aryl methyl sites for hydroxylation is 1. The number of benzene rings is 1. The summed E-state index contributed by atoms with van der Waals surface area (Å²) in [5.41, 5.74) is 3.47. The Labute approximate surface area is 98.5 Å². The van der Waals surface area contributed by atoms with Crippen LogP contribution in [0.15, 0.2) is 12.1 Å². The molecule has 0 amide bonds. The molecule has 0 aromatic heterocycles. The Morgan fingerprint density at radius 2 is 1.69 bits per heavy atom. The Morgan fingerprint density at radius 1 is 1.15 bits per heavy atom. The molecular formula is C10H12HgO2. The SMILES string of the molecule is Cc1ccc(C(=O)O)c(C)c1C.[Hg].